The van der Waals surface area contributed by atoms with Crippen molar-refractivity contribution >= 4 is 0 Å². The summed E-state index contributed by atoms with van der Waals surface area (Å²) in [7, 11) is 0. The Kier molecular flexibility index (Phi) is 6.85. The lowest BCUT2D eigenvalue weighted by molar-refractivity contribution is 0.396. The second kappa shape index (κ2) is 8.88. The van der Waals surface area contributed by atoms with Crippen LogP contribution in [0, 0.1) is 6.92 Å². The molecule has 2 atom stereocenters. The Morgan fingerprint density at radius 1 is 0.840 bits per heavy atom. The number of benzene rings is 2. The van der Waals surface area contributed by atoms with Gasteiger partial charge in [0.2, 0.25) is 0 Å². The van der Waals surface area contributed by atoms with Gasteiger partial charge < -0.3 is 20.8 Å². The lowest BCUT2D eigenvalue weighted by Gasteiger charge is -2.23. The van der Waals surface area contributed by atoms with Crippen LogP contribution >= 0.6 is 0 Å². The van der Waals surface area contributed by atoms with Crippen LogP contribution < -0.4 is 10.6 Å². The van der Waals surface area contributed by atoms with E-state index in [1.54, 1.807) is 6.07 Å². The van der Waals surface area contributed by atoms with Gasteiger partial charge in [0.05, 0.1) is 0 Å². The molecule has 25 heavy (non-hydrogen) atoms. The quantitative estimate of drug-likeness (QED) is 0.592. The van der Waals surface area contributed by atoms with Gasteiger partial charge in [-0.2, -0.15) is 0 Å². The first-order chi connectivity index (χ1) is 11.9. The molecule has 0 fully saturated rings. The molecule has 2 unspecified atom stereocenters. The fourth-order valence-corrected chi connectivity index (χ4v) is 2.70. The zero-order valence-corrected chi connectivity index (χ0v) is 15.6. The predicted octanol–water partition coefficient (Wildman–Crippen LogP) is 3.63. The second-order valence-electron chi connectivity index (χ2n) is 6.79. The van der Waals surface area contributed by atoms with Crippen molar-refractivity contribution < 1.29 is 10.2 Å². The van der Waals surface area contributed by atoms with Gasteiger partial charge in [-0.3, -0.25) is 0 Å². The molecular weight excluding hydrogens is 312 g/mol. The number of nitrogens with one attached hydrogen (secondary N) is 2. The van der Waals surface area contributed by atoms with Gasteiger partial charge in [-0.1, -0.05) is 31.2 Å². The van der Waals surface area contributed by atoms with Crippen molar-refractivity contribution in [2.45, 2.75) is 59.3 Å². The van der Waals surface area contributed by atoms with E-state index in [2.05, 4.69) is 37.5 Å². The summed E-state index contributed by atoms with van der Waals surface area (Å²) in [6, 6.07) is 12.1. The highest BCUT2D eigenvalue weighted by Crippen LogP contribution is 2.20. The molecule has 0 bridgehead atoms. The van der Waals surface area contributed by atoms with Crippen molar-refractivity contribution in [1.29, 1.82) is 0 Å². The Morgan fingerprint density at radius 2 is 1.36 bits per heavy atom. The van der Waals surface area contributed by atoms with Gasteiger partial charge in [-0.15, -0.1) is 0 Å². The van der Waals surface area contributed by atoms with E-state index in [9.17, 15) is 10.2 Å². The van der Waals surface area contributed by atoms with E-state index < -0.39 is 0 Å². The molecule has 4 heteroatoms. The number of aromatic hydroxyl groups is 2. The normalized spacial score (nSPS) is 13.6. The van der Waals surface area contributed by atoms with Crippen LogP contribution in [0.15, 0.2) is 36.4 Å². The SMILES string of the molecule is CCc1ccc(CNC(C)C(C)NCc2ccc(C)cc2O)c(O)c1. The molecule has 0 heterocycles. The fourth-order valence-electron chi connectivity index (χ4n) is 2.70. The third kappa shape index (κ3) is 5.48. The molecule has 0 amide bonds. The summed E-state index contributed by atoms with van der Waals surface area (Å²) >= 11 is 0. The van der Waals surface area contributed by atoms with Crippen molar-refractivity contribution in [3.05, 3.63) is 58.7 Å². The summed E-state index contributed by atoms with van der Waals surface area (Å²) < 4.78 is 0. The molecule has 0 radical (unpaired) electrons. The topological polar surface area (TPSA) is 64.5 Å². The molecule has 0 aliphatic rings. The number of hydrogen-bond donors (Lipinski definition) is 4. The monoisotopic (exact) mass is 342 g/mol. The average molecular weight is 342 g/mol. The van der Waals surface area contributed by atoms with E-state index in [0.29, 0.717) is 24.6 Å². The maximum Gasteiger partial charge on any atom is 0.120 e. The third-order valence-electron chi connectivity index (χ3n) is 4.78. The Labute approximate surface area is 150 Å². The second-order valence-corrected chi connectivity index (χ2v) is 6.79. The first kappa shape index (κ1) is 19.3. The van der Waals surface area contributed by atoms with E-state index in [0.717, 1.165) is 28.7 Å². The van der Waals surface area contributed by atoms with Gasteiger partial charge in [0.15, 0.2) is 0 Å². The van der Waals surface area contributed by atoms with Gasteiger partial charge in [0, 0.05) is 36.3 Å². The van der Waals surface area contributed by atoms with E-state index in [-0.39, 0.29) is 12.1 Å². The van der Waals surface area contributed by atoms with Gasteiger partial charge >= 0.3 is 0 Å². The third-order valence-corrected chi connectivity index (χ3v) is 4.78. The van der Waals surface area contributed by atoms with Gasteiger partial charge in [-0.05, 0) is 50.5 Å². The van der Waals surface area contributed by atoms with Crippen molar-refractivity contribution in [2.24, 2.45) is 0 Å². The standard InChI is InChI=1S/C21H30N2O2/c1-5-17-7-9-19(21(25)11-17)13-23-16(4)15(3)22-12-18-8-6-14(2)10-20(18)24/h6-11,15-16,22-25H,5,12-13H2,1-4H3. The average Bonchev–Trinajstić information content (AvgIpc) is 2.59. The molecule has 0 aromatic heterocycles. The molecule has 2 aromatic rings. The first-order valence-electron chi connectivity index (χ1n) is 8.96. The Morgan fingerprint density at radius 3 is 1.84 bits per heavy atom. The highest BCUT2D eigenvalue weighted by molar-refractivity contribution is 5.37. The van der Waals surface area contributed by atoms with Crippen molar-refractivity contribution in [1.82, 2.24) is 10.6 Å². The van der Waals surface area contributed by atoms with Crippen LogP contribution in [0.5, 0.6) is 11.5 Å². The largest absolute Gasteiger partial charge is 0.508 e. The molecule has 4 N–H and O–H groups in total. The smallest absolute Gasteiger partial charge is 0.120 e. The predicted molar refractivity (Wildman–Crippen MR) is 103 cm³/mol. The van der Waals surface area contributed by atoms with Gasteiger partial charge in [0.1, 0.15) is 11.5 Å². The molecule has 0 saturated heterocycles. The van der Waals surface area contributed by atoms with Crippen LogP contribution in [-0.4, -0.2) is 22.3 Å². The fraction of sp³-hybridized carbons (Fsp3) is 0.429. The van der Waals surface area contributed by atoms with Crippen LogP contribution in [-0.2, 0) is 19.5 Å². The molecule has 0 aliphatic carbocycles. The van der Waals surface area contributed by atoms with E-state index in [4.69, 9.17) is 0 Å². The highest BCUT2D eigenvalue weighted by atomic mass is 16.3. The van der Waals surface area contributed by atoms with Gasteiger partial charge in [0.25, 0.3) is 0 Å². The van der Waals surface area contributed by atoms with E-state index in [1.807, 2.05) is 31.2 Å². The lowest BCUT2D eigenvalue weighted by atomic mass is 10.1. The highest BCUT2D eigenvalue weighted by Gasteiger charge is 2.13. The maximum atomic E-state index is 10.1. The number of phenolic OH excluding ortho intramolecular Hbond substituents is 2. The summed E-state index contributed by atoms with van der Waals surface area (Å²) in [6.07, 6.45) is 0.921. The minimum atomic E-state index is 0.220. The van der Waals surface area contributed by atoms with Crippen LogP contribution in [0.2, 0.25) is 0 Å². The minimum Gasteiger partial charge on any atom is -0.508 e. The molecule has 2 rings (SSSR count). The Hall–Kier alpha value is -2.04. The molecule has 0 spiro atoms. The molecule has 4 nitrogen and oxygen atoms in total. The number of hydrogen-bond acceptors (Lipinski definition) is 4. The molecule has 0 saturated carbocycles. The summed E-state index contributed by atoms with van der Waals surface area (Å²) in [6.45, 7) is 9.52. The summed E-state index contributed by atoms with van der Waals surface area (Å²) in [5, 5.41) is 27.0. The van der Waals surface area contributed by atoms with Crippen molar-refractivity contribution in [3.8, 4) is 11.5 Å². The summed E-state index contributed by atoms with van der Waals surface area (Å²) in [4.78, 5) is 0. The van der Waals surface area contributed by atoms with Crippen LogP contribution in [0.25, 0.3) is 0 Å². The lowest BCUT2D eigenvalue weighted by Crippen LogP contribution is -2.43. The Bertz CT molecular complexity index is 700. The minimum absolute atomic E-state index is 0.220. The molecule has 2 aromatic carbocycles. The van der Waals surface area contributed by atoms with Crippen molar-refractivity contribution in [3.63, 3.8) is 0 Å². The Balaban J connectivity index is 1.84. The number of phenols is 2. The number of aryl methyl sites for hydroxylation is 2. The molecule has 136 valence electrons. The summed E-state index contributed by atoms with van der Waals surface area (Å²) in [5.41, 5.74) is 4.00. The van der Waals surface area contributed by atoms with Crippen LogP contribution in [0.3, 0.4) is 0 Å². The summed E-state index contributed by atoms with van der Waals surface area (Å²) in [5.74, 6) is 0.686. The zero-order valence-electron chi connectivity index (χ0n) is 15.6. The maximum absolute atomic E-state index is 10.1. The van der Waals surface area contributed by atoms with E-state index >= 15 is 0 Å². The first-order valence-corrected chi connectivity index (χ1v) is 8.96. The molecule has 0 aliphatic heterocycles. The van der Waals surface area contributed by atoms with Crippen LogP contribution in [0.4, 0.5) is 0 Å². The van der Waals surface area contributed by atoms with Crippen molar-refractivity contribution in [2.75, 3.05) is 0 Å². The zero-order chi connectivity index (χ0) is 18.4. The number of rotatable bonds is 8. The van der Waals surface area contributed by atoms with Gasteiger partial charge in [-0.25, -0.2) is 0 Å². The molecular formula is C21H30N2O2. The van der Waals surface area contributed by atoms with Crippen LogP contribution in [0.1, 0.15) is 43.0 Å². The van der Waals surface area contributed by atoms with E-state index in [1.165, 1.54) is 0 Å².